The molecule has 1 fully saturated rings. The number of nitrogens with one attached hydrogen (secondary N) is 1. The van der Waals surface area contributed by atoms with Crippen LogP contribution in [0.4, 0.5) is 5.69 Å². The third-order valence-corrected chi connectivity index (χ3v) is 4.03. The van der Waals surface area contributed by atoms with Crippen molar-refractivity contribution in [3.05, 3.63) is 24.0 Å². The van der Waals surface area contributed by atoms with Gasteiger partial charge in [-0.2, -0.15) is 0 Å². The van der Waals surface area contributed by atoms with Crippen molar-refractivity contribution in [1.82, 2.24) is 15.2 Å². The SMILES string of the molecule is CCNC(C)c1ccc(N2CCCN(C(C)=O)CC2)cn1. The Balaban J connectivity index is 2.00. The fourth-order valence-corrected chi connectivity index (χ4v) is 2.74. The lowest BCUT2D eigenvalue weighted by Gasteiger charge is -2.23. The topological polar surface area (TPSA) is 48.5 Å². The summed E-state index contributed by atoms with van der Waals surface area (Å²) in [5.41, 5.74) is 2.22. The first-order valence-electron chi connectivity index (χ1n) is 7.81. The van der Waals surface area contributed by atoms with Gasteiger partial charge in [0, 0.05) is 39.1 Å². The Kier molecular flexibility index (Phi) is 5.56. The van der Waals surface area contributed by atoms with Crippen molar-refractivity contribution in [3.8, 4) is 0 Å². The highest BCUT2D eigenvalue weighted by molar-refractivity contribution is 5.73. The van der Waals surface area contributed by atoms with E-state index >= 15 is 0 Å². The van der Waals surface area contributed by atoms with E-state index < -0.39 is 0 Å². The summed E-state index contributed by atoms with van der Waals surface area (Å²) in [4.78, 5) is 20.3. The summed E-state index contributed by atoms with van der Waals surface area (Å²) in [7, 11) is 0. The summed E-state index contributed by atoms with van der Waals surface area (Å²) >= 11 is 0. The average Bonchev–Trinajstić information content (AvgIpc) is 2.73. The maximum absolute atomic E-state index is 11.5. The number of carbonyl (C=O) groups is 1. The third kappa shape index (κ3) is 4.17. The number of hydrogen-bond acceptors (Lipinski definition) is 4. The van der Waals surface area contributed by atoms with Gasteiger partial charge in [-0.25, -0.2) is 0 Å². The van der Waals surface area contributed by atoms with Crippen molar-refractivity contribution in [1.29, 1.82) is 0 Å². The number of amides is 1. The highest BCUT2D eigenvalue weighted by Crippen LogP contribution is 2.18. The van der Waals surface area contributed by atoms with Gasteiger partial charge in [0.05, 0.1) is 17.6 Å². The summed E-state index contributed by atoms with van der Waals surface area (Å²) in [5.74, 6) is 0.171. The number of nitrogens with zero attached hydrogens (tertiary/aromatic N) is 3. The van der Waals surface area contributed by atoms with E-state index in [0.717, 1.165) is 50.5 Å². The van der Waals surface area contributed by atoms with Crippen LogP contribution in [0, 0.1) is 0 Å². The standard InChI is InChI=1S/C16H26N4O/c1-4-17-13(2)16-7-6-15(12-18-16)20-9-5-8-19(10-11-20)14(3)21/h6-7,12-13,17H,4-5,8-11H2,1-3H3. The van der Waals surface area contributed by atoms with Crippen LogP contribution in [0.3, 0.4) is 0 Å². The van der Waals surface area contributed by atoms with E-state index in [1.165, 1.54) is 0 Å². The van der Waals surface area contributed by atoms with Crippen molar-refractivity contribution in [2.75, 3.05) is 37.6 Å². The summed E-state index contributed by atoms with van der Waals surface area (Å²) in [6, 6.07) is 4.51. The molecular formula is C16H26N4O. The van der Waals surface area contributed by atoms with Crippen LogP contribution in [-0.2, 0) is 4.79 Å². The fraction of sp³-hybridized carbons (Fsp3) is 0.625. The number of aromatic nitrogens is 1. The van der Waals surface area contributed by atoms with Gasteiger partial charge in [0.2, 0.25) is 5.91 Å². The second-order valence-electron chi connectivity index (χ2n) is 5.57. The molecule has 1 atom stereocenters. The van der Waals surface area contributed by atoms with Crippen LogP contribution >= 0.6 is 0 Å². The highest BCUT2D eigenvalue weighted by Gasteiger charge is 2.17. The Labute approximate surface area is 127 Å². The molecule has 1 aromatic rings. The smallest absolute Gasteiger partial charge is 0.219 e. The maximum atomic E-state index is 11.5. The Bertz CT molecular complexity index is 460. The lowest BCUT2D eigenvalue weighted by Crippen LogP contribution is -2.33. The van der Waals surface area contributed by atoms with Crippen molar-refractivity contribution in [2.45, 2.75) is 33.2 Å². The molecule has 2 heterocycles. The first kappa shape index (κ1) is 15.8. The van der Waals surface area contributed by atoms with Gasteiger partial charge in [0.15, 0.2) is 0 Å². The Hall–Kier alpha value is -1.62. The average molecular weight is 290 g/mol. The highest BCUT2D eigenvalue weighted by atomic mass is 16.2. The van der Waals surface area contributed by atoms with Gasteiger partial charge in [-0.3, -0.25) is 9.78 Å². The molecule has 21 heavy (non-hydrogen) atoms. The first-order valence-corrected chi connectivity index (χ1v) is 7.81. The molecule has 0 aliphatic carbocycles. The zero-order chi connectivity index (χ0) is 15.2. The van der Waals surface area contributed by atoms with Gasteiger partial charge < -0.3 is 15.1 Å². The van der Waals surface area contributed by atoms with Gasteiger partial charge in [0.1, 0.15) is 0 Å². The molecule has 1 amide bonds. The summed E-state index contributed by atoms with van der Waals surface area (Å²) in [6.45, 7) is 10.3. The Morgan fingerprint density at radius 1 is 1.33 bits per heavy atom. The zero-order valence-electron chi connectivity index (χ0n) is 13.3. The van der Waals surface area contributed by atoms with E-state index in [1.807, 2.05) is 11.1 Å². The predicted octanol–water partition coefficient (Wildman–Crippen LogP) is 1.81. The molecule has 1 unspecified atom stereocenters. The van der Waals surface area contributed by atoms with Crippen LogP contribution in [0.2, 0.25) is 0 Å². The molecule has 5 heteroatoms. The third-order valence-electron chi connectivity index (χ3n) is 4.03. The van der Waals surface area contributed by atoms with E-state index in [9.17, 15) is 4.79 Å². The molecule has 2 rings (SSSR count). The van der Waals surface area contributed by atoms with E-state index in [1.54, 1.807) is 6.92 Å². The van der Waals surface area contributed by atoms with Crippen LogP contribution in [0.15, 0.2) is 18.3 Å². The largest absolute Gasteiger partial charge is 0.368 e. The second-order valence-corrected chi connectivity index (χ2v) is 5.57. The monoisotopic (exact) mass is 290 g/mol. The van der Waals surface area contributed by atoms with Crippen molar-refractivity contribution in [3.63, 3.8) is 0 Å². The molecule has 0 bridgehead atoms. The molecule has 1 aliphatic heterocycles. The molecule has 1 N–H and O–H groups in total. The molecule has 1 aliphatic rings. The second kappa shape index (κ2) is 7.41. The summed E-state index contributed by atoms with van der Waals surface area (Å²) in [5, 5.41) is 3.37. The first-order chi connectivity index (χ1) is 10.1. The van der Waals surface area contributed by atoms with Crippen molar-refractivity contribution >= 4 is 11.6 Å². The van der Waals surface area contributed by atoms with Crippen molar-refractivity contribution in [2.24, 2.45) is 0 Å². The summed E-state index contributed by atoms with van der Waals surface area (Å²) in [6.07, 6.45) is 2.96. The number of rotatable bonds is 4. The van der Waals surface area contributed by atoms with Crippen molar-refractivity contribution < 1.29 is 4.79 Å². The lowest BCUT2D eigenvalue weighted by molar-refractivity contribution is -0.128. The summed E-state index contributed by atoms with van der Waals surface area (Å²) < 4.78 is 0. The van der Waals surface area contributed by atoms with E-state index in [4.69, 9.17) is 0 Å². The van der Waals surface area contributed by atoms with Gasteiger partial charge in [-0.15, -0.1) is 0 Å². The maximum Gasteiger partial charge on any atom is 0.219 e. The van der Waals surface area contributed by atoms with E-state index in [0.29, 0.717) is 0 Å². The van der Waals surface area contributed by atoms with Crippen LogP contribution in [-0.4, -0.2) is 48.5 Å². The normalized spacial score (nSPS) is 17.5. The van der Waals surface area contributed by atoms with E-state index in [-0.39, 0.29) is 11.9 Å². The van der Waals surface area contributed by atoms with Gasteiger partial charge in [-0.1, -0.05) is 6.92 Å². The minimum Gasteiger partial charge on any atom is -0.368 e. The molecule has 0 spiro atoms. The molecule has 116 valence electrons. The Morgan fingerprint density at radius 2 is 2.14 bits per heavy atom. The van der Waals surface area contributed by atoms with Gasteiger partial charge >= 0.3 is 0 Å². The Morgan fingerprint density at radius 3 is 2.76 bits per heavy atom. The molecule has 0 saturated carbocycles. The molecule has 5 nitrogen and oxygen atoms in total. The molecule has 0 radical (unpaired) electrons. The number of carbonyl (C=O) groups excluding carboxylic acids is 1. The molecule has 1 aromatic heterocycles. The predicted molar refractivity (Wildman–Crippen MR) is 85.4 cm³/mol. The molecule has 1 saturated heterocycles. The minimum absolute atomic E-state index is 0.171. The van der Waals surface area contributed by atoms with Crippen LogP contribution in [0.25, 0.3) is 0 Å². The van der Waals surface area contributed by atoms with Crippen LogP contribution in [0.1, 0.15) is 38.9 Å². The lowest BCUT2D eigenvalue weighted by atomic mass is 10.2. The van der Waals surface area contributed by atoms with E-state index in [2.05, 4.69) is 41.2 Å². The molecule has 0 aromatic carbocycles. The number of hydrogen-bond donors (Lipinski definition) is 1. The quantitative estimate of drug-likeness (QED) is 0.919. The number of pyridine rings is 1. The van der Waals surface area contributed by atoms with Gasteiger partial charge in [0.25, 0.3) is 0 Å². The molecular weight excluding hydrogens is 264 g/mol. The fourth-order valence-electron chi connectivity index (χ4n) is 2.74. The van der Waals surface area contributed by atoms with Gasteiger partial charge in [-0.05, 0) is 32.0 Å². The van der Waals surface area contributed by atoms with Crippen LogP contribution in [0.5, 0.6) is 0 Å². The van der Waals surface area contributed by atoms with Crippen LogP contribution < -0.4 is 10.2 Å². The number of anilines is 1. The zero-order valence-corrected chi connectivity index (χ0v) is 13.3. The minimum atomic E-state index is 0.171.